The Labute approximate surface area is 190 Å². The van der Waals surface area contributed by atoms with Crippen LogP contribution in [0.25, 0.3) is 0 Å². The molecule has 5 nitrogen and oxygen atoms in total. The number of carbonyl (C=O) groups excluding carboxylic acids is 2. The van der Waals surface area contributed by atoms with E-state index in [0.717, 1.165) is 24.8 Å². The molecule has 0 aliphatic rings. The summed E-state index contributed by atoms with van der Waals surface area (Å²) in [5.41, 5.74) is 2.00. The van der Waals surface area contributed by atoms with Gasteiger partial charge in [-0.3, -0.25) is 9.59 Å². The Morgan fingerprint density at radius 1 is 1.06 bits per heavy atom. The van der Waals surface area contributed by atoms with Crippen LogP contribution in [0.15, 0.2) is 48.5 Å². The van der Waals surface area contributed by atoms with Crippen molar-refractivity contribution in [3.05, 3.63) is 64.7 Å². The van der Waals surface area contributed by atoms with Gasteiger partial charge in [-0.15, -0.1) is 0 Å². The maximum Gasteiger partial charge on any atom is 0.261 e. The van der Waals surface area contributed by atoms with E-state index >= 15 is 0 Å². The molecule has 31 heavy (non-hydrogen) atoms. The van der Waals surface area contributed by atoms with Crippen molar-refractivity contribution in [3.8, 4) is 5.75 Å². The zero-order valence-electron chi connectivity index (χ0n) is 18.7. The summed E-state index contributed by atoms with van der Waals surface area (Å²) in [6.45, 7) is 6.76. The summed E-state index contributed by atoms with van der Waals surface area (Å²) < 4.78 is 5.73. The molecule has 0 heterocycles. The highest BCUT2D eigenvalue weighted by molar-refractivity contribution is 6.31. The molecule has 2 aromatic rings. The molecule has 0 fully saturated rings. The fourth-order valence-corrected chi connectivity index (χ4v) is 3.48. The second kappa shape index (κ2) is 13.0. The maximum atomic E-state index is 13.2. The normalized spacial score (nSPS) is 11.6. The first-order valence-electron chi connectivity index (χ1n) is 11.0. The summed E-state index contributed by atoms with van der Waals surface area (Å²) in [4.78, 5) is 27.6. The molecule has 1 N–H and O–H groups in total. The van der Waals surface area contributed by atoms with Gasteiger partial charge in [0.15, 0.2) is 6.61 Å². The number of ether oxygens (including phenoxy) is 1. The van der Waals surface area contributed by atoms with E-state index in [9.17, 15) is 9.59 Å². The topological polar surface area (TPSA) is 58.6 Å². The zero-order valence-corrected chi connectivity index (χ0v) is 19.5. The van der Waals surface area contributed by atoms with Crippen LogP contribution in [0.1, 0.15) is 51.2 Å². The molecule has 1 atom stereocenters. The lowest BCUT2D eigenvalue weighted by Gasteiger charge is -2.31. The van der Waals surface area contributed by atoms with E-state index in [1.165, 1.54) is 5.56 Å². The van der Waals surface area contributed by atoms with Crippen molar-refractivity contribution >= 4 is 23.4 Å². The minimum Gasteiger partial charge on any atom is -0.484 e. The first-order valence-corrected chi connectivity index (χ1v) is 11.4. The predicted molar refractivity (Wildman–Crippen MR) is 125 cm³/mol. The Kier molecular flexibility index (Phi) is 10.4. The molecule has 0 aliphatic heterocycles. The second-order valence-electron chi connectivity index (χ2n) is 7.47. The third kappa shape index (κ3) is 7.59. The van der Waals surface area contributed by atoms with Crippen molar-refractivity contribution in [2.75, 3.05) is 13.2 Å². The lowest BCUT2D eigenvalue weighted by Crippen LogP contribution is -2.50. The number of unbranched alkanes of at least 4 members (excludes halogenated alkanes) is 1. The maximum absolute atomic E-state index is 13.2. The first-order chi connectivity index (χ1) is 15.0. The fourth-order valence-electron chi connectivity index (χ4n) is 3.29. The molecule has 0 saturated carbocycles. The Balaban J connectivity index is 2.16. The minimum absolute atomic E-state index is 0.144. The number of hydrogen-bond donors (Lipinski definition) is 1. The quantitative estimate of drug-likeness (QED) is 0.468. The van der Waals surface area contributed by atoms with E-state index in [1.54, 1.807) is 11.0 Å². The molecule has 2 aromatic carbocycles. The predicted octanol–water partition coefficient (Wildman–Crippen LogP) is 5.00. The molecule has 6 heteroatoms. The van der Waals surface area contributed by atoms with Crippen LogP contribution in [0.2, 0.25) is 5.02 Å². The van der Waals surface area contributed by atoms with E-state index in [4.69, 9.17) is 16.3 Å². The third-order valence-electron chi connectivity index (χ3n) is 5.21. The number of rotatable bonds is 12. The molecule has 0 bridgehead atoms. The van der Waals surface area contributed by atoms with Gasteiger partial charge in [-0.2, -0.15) is 0 Å². The van der Waals surface area contributed by atoms with Crippen LogP contribution < -0.4 is 10.1 Å². The number of aryl methyl sites for hydroxylation is 1. The molecular formula is C25H33ClN2O3. The number of hydrogen-bond acceptors (Lipinski definition) is 3. The lowest BCUT2D eigenvalue weighted by molar-refractivity contribution is -0.143. The van der Waals surface area contributed by atoms with Gasteiger partial charge in [-0.05, 0) is 48.6 Å². The van der Waals surface area contributed by atoms with Crippen molar-refractivity contribution in [1.82, 2.24) is 10.2 Å². The number of halogens is 1. The summed E-state index contributed by atoms with van der Waals surface area (Å²) in [7, 11) is 0. The van der Waals surface area contributed by atoms with Crippen molar-refractivity contribution in [1.29, 1.82) is 0 Å². The molecule has 1 unspecified atom stereocenters. The van der Waals surface area contributed by atoms with Gasteiger partial charge in [-0.25, -0.2) is 0 Å². The molecule has 0 radical (unpaired) electrons. The SMILES string of the molecule is CCCCNC(=O)C(CC)N(Cc1ccccc1Cl)C(=O)COc1ccc(CC)cc1. The smallest absolute Gasteiger partial charge is 0.261 e. The summed E-state index contributed by atoms with van der Waals surface area (Å²) >= 11 is 6.33. The average Bonchev–Trinajstić information content (AvgIpc) is 2.79. The molecule has 0 saturated heterocycles. The van der Waals surface area contributed by atoms with E-state index in [1.807, 2.05) is 49.4 Å². The van der Waals surface area contributed by atoms with Crippen LogP contribution >= 0.6 is 11.6 Å². The summed E-state index contributed by atoms with van der Waals surface area (Å²) in [5, 5.41) is 3.52. The standard InChI is InChI=1S/C25H33ClN2O3/c1-4-7-16-27-25(30)23(6-3)28(17-20-10-8-9-11-22(20)26)24(29)18-31-21-14-12-19(5-2)13-15-21/h8-15,23H,4-7,16-18H2,1-3H3,(H,27,30). The Hall–Kier alpha value is -2.53. The van der Waals surface area contributed by atoms with Crippen molar-refractivity contribution in [2.24, 2.45) is 0 Å². The molecule has 0 aliphatic carbocycles. The zero-order chi connectivity index (χ0) is 22.6. The highest BCUT2D eigenvalue weighted by Crippen LogP contribution is 2.20. The third-order valence-corrected chi connectivity index (χ3v) is 5.58. The number of amides is 2. The Bertz CT molecular complexity index is 839. The molecule has 0 aromatic heterocycles. The largest absolute Gasteiger partial charge is 0.484 e. The van der Waals surface area contributed by atoms with Gasteiger partial charge >= 0.3 is 0 Å². The molecule has 168 valence electrons. The van der Waals surface area contributed by atoms with Gasteiger partial charge in [0.1, 0.15) is 11.8 Å². The van der Waals surface area contributed by atoms with Gasteiger partial charge in [0.25, 0.3) is 5.91 Å². The van der Waals surface area contributed by atoms with Crippen LogP contribution in [0.3, 0.4) is 0 Å². The lowest BCUT2D eigenvalue weighted by atomic mass is 10.1. The summed E-state index contributed by atoms with van der Waals surface area (Å²) in [5.74, 6) is 0.226. The van der Waals surface area contributed by atoms with E-state index in [-0.39, 0.29) is 25.0 Å². The van der Waals surface area contributed by atoms with E-state index in [0.29, 0.717) is 23.7 Å². The monoisotopic (exact) mass is 444 g/mol. The van der Waals surface area contributed by atoms with Gasteiger partial charge in [0.05, 0.1) is 0 Å². The van der Waals surface area contributed by atoms with Gasteiger partial charge in [0.2, 0.25) is 5.91 Å². The average molecular weight is 445 g/mol. The van der Waals surface area contributed by atoms with Crippen molar-refractivity contribution in [2.45, 2.75) is 59.0 Å². The fraction of sp³-hybridized carbons (Fsp3) is 0.440. The molecule has 0 spiro atoms. The highest BCUT2D eigenvalue weighted by atomic mass is 35.5. The minimum atomic E-state index is -0.591. The number of nitrogens with zero attached hydrogens (tertiary/aromatic N) is 1. The van der Waals surface area contributed by atoms with Crippen LogP contribution in [0.4, 0.5) is 0 Å². The van der Waals surface area contributed by atoms with E-state index in [2.05, 4.69) is 19.2 Å². The van der Waals surface area contributed by atoms with Gasteiger partial charge in [0, 0.05) is 18.1 Å². The summed E-state index contributed by atoms with van der Waals surface area (Å²) in [6, 6.07) is 14.5. The Morgan fingerprint density at radius 2 is 1.77 bits per heavy atom. The van der Waals surface area contributed by atoms with Crippen LogP contribution in [-0.4, -0.2) is 35.9 Å². The van der Waals surface area contributed by atoms with Gasteiger partial charge in [-0.1, -0.05) is 69.1 Å². The van der Waals surface area contributed by atoms with Gasteiger partial charge < -0.3 is 15.0 Å². The highest BCUT2D eigenvalue weighted by Gasteiger charge is 2.29. The number of benzene rings is 2. The second-order valence-corrected chi connectivity index (χ2v) is 7.88. The van der Waals surface area contributed by atoms with Crippen LogP contribution in [0.5, 0.6) is 5.75 Å². The van der Waals surface area contributed by atoms with Crippen LogP contribution in [-0.2, 0) is 22.6 Å². The molecule has 2 amide bonds. The van der Waals surface area contributed by atoms with Crippen LogP contribution in [0, 0.1) is 0 Å². The van der Waals surface area contributed by atoms with E-state index < -0.39 is 6.04 Å². The molecular weight excluding hydrogens is 412 g/mol. The Morgan fingerprint density at radius 3 is 2.39 bits per heavy atom. The number of nitrogens with one attached hydrogen (secondary N) is 1. The summed E-state index contributed by atoms with van der Waals surface area (Å²) in [6.07, 6.45) is 3.33. The van der Waals surface area contributed by atoms with Crippen molar-refractivity contribution in [3.63, 3.8) is 0 Å². The van der Waals surface area contributed by atoms with Crippen molar-refractivity contribution < 1.29 is 14.3 Å². The molecule has 2 rings (SSSR count). The number of carbonyl (C=O) groups is 2. The first kappa shape index (κ1) is 24.7.